The smallest absolute Gasteiger partial charge is 0.228 e. The van der Waals surface area contributed by atoms with Crippen LogP contribution < -0.4 is 4.90 Å². The average Bonchev–Trinajstić information content (AvgIpc) is 2.74. The van der Waals surface area contributed by atoms with Gasteiger partial charge in [0.15, 0.2) is 0 Å². The maximum absolute atomic E-state index is 12.5. The fourth-order valence-electron chi connectivity index (χ4n) is 2.99. The fourth-order valence-corrected chi connectivity index (χ4v) is 4.01. The molecule has 0 aromatic carbocycles. The van der Waals surface area contributed by atoms with Crippen molar-refractivity contribution < 1.29 is 4.79 Å². The third kappa shape index (κ3) is 3.17. The molecule has 3 heterocycles. The van der Waals surface area contributed by atoms with Crippen LogP contribution in [0.1, 0.15) is 32.8 Å². The second kappa shape index (κ2) is 6.07. The van der Waals surface area contributed by atoms with Gasteiger partial charge in [0.1, 0.15) is 12.1 Å². The normalized spacial score (nSPS) is 16.7. The molecule has 0 atom stereocenters. The minimum absolute atomic E-state index is 0.235. The Balaban J connectivity index is 1.81. The van der Waals surface area contributed by atoms with Crippen molar-refractivity contribution >= 4 is 33.3 Å². The highest BCUT2D eigenvalue weighted by molar-refractivity contribution is 7.18. The minimum atomic E-state index is -0.317. The predicted octanol–water partition coefficient (Wildman–Crippen LogP) is 3.08. The highest BCUT2D eigenvalue weighted by Crippen LogP contribution is 2.31. The molecule has 1 amide bonds. The van der Waals surface area contributed by atoms with E-state index in [1.165, 1.54) is 5.56 Å². The van der Waals surface area contributed by atoms with Crippen LogP contribution >= 0.6 is 11.3 Å². The maximum Gasteiger partial charge on any atom is 0.228 e. The van der Waals surface area contributed by atoms with Crippen LogP contribution in [0.25, 0.3) is 10.2 Å². The molecule has 1 aliphatic rings. The molecule has 0 bridgehead atoms. The lowest BCUT2D eigenvalue weighted by atomic mass is 9.94. The molecule has 124 valence electrons. The van der Waals surface area contributed by atoms with Gasteiger partial charge < -0.3 is 9.80 Å². The first-order valence-electron chi connectivity index (χ1n) is 8.11. The highest BCUT2D eigenvalue weighted by Gasteiger charge is 2.29. The number of carbonyl (C=O) groups is 1. The number of amides is 1. The van der Waals surface area contributed by atoms with Gasteiger partial charge in [-0.15, -0.1) is 11.3 Å². The predicted molar refractivity (Wildman–Crippen MR) is 95.0 cm³/mol. The van der Waals surface area contributed by atoms with Gasteiger partial charge in [-0.25, -0.2) is 9.97 Å². The van der Waals surface area contributed by atoms with Crippen LogP contribution in [0.5, 0.6) is 0 Å². The Kier molecular flexibility index (Phi) is 4.27. The number of hydrogen-bond donors (Lipinski definition) is 0. The summed E-state index contributed by atoms with van der Waals surface area (Å²) < 4.78 is 1.15. The van der Waals surface area contributed by atoms with E-state index in [0.29, 0.717) is 0 Å². The van der Waals surface area contributed by atoms with Crippen LogP contribution in [0.2, 0.25) is 0 Å². The summed E-state index contributed by atoms with van der Waals surface area (Å²) in [5.74, 6) is 1.25. The lowest BCUT2D eigenvalue weighted by molar-refractivity contribution is -0.139. The van der Waals surface area contributed by atoms with E-state index in [1.54, 1.807) is 17.7 Å². The van der Waals surface area contributed by atoms with Gasteiger partial charge in [-0.05, 0) is 24.3 Å². The number of anilines is 1. The van der Waals surface area contributed by atoms with Crippen molar-refractivity contribution in [2.45, 2.75) is 34.1 Å². The van der Waals surface area contributed by atoms with Crippen LogP contribution in [-0.2, 0) is 4.79 Å². The molecule has 1 saturated heterocycles. The SMILES string of the molecule is Cc1csc2c(N3CCCN(C(=O)C(C)(C)C)CC3)ncnc12. The van der Waals surface area contributed by atoms with Crippen LogP contribution in [0, 0.1) is 12.3 Å². The summed E-state index contributed by atoms with van der Waals surface area (Å²) in [6, 6.07) is 0. The van der Waals surface area contributed by atoms with E-state index in [0.717, 1.165) is 48.6 Å². The lowest BCUT2D eigenvalue weighted by Gasteiger charge is -2.28. The molecule has 3 rings (SSSR count). The van der Waals surface area contributed by atoms with Crippen LogP contribution in [0.15, 0.2) is 11.7 Å². The Bertz CT molecular complexity index is 719. The lowest BCUT2D eigenvalue weighted by Crippen LogP contribution is -2.41. The first-order chi connectivity index (χ1) is 10.9. The first-order valence-corrected chi connectivity index (χ1v) is 8.99. The second-order valence-corrected chi connectivity index (χ2v) is 8.06. The molecule has 5 nitrogen and oxygen atoms in total. The Morgan fingerprint density at radius 3 is 2.70 bits per heavy atom. The van der Waals surface area contributed by atoms with Gasteiger partial charge in [0.05, 0.1) is 10.2 Å². The fraction of sp³-hybridized carbons (Fsp3) is 0.588. The Morgan fingerprint density at radius 2 is 1.96 bits per heavy atom. The monoisotopic (exact) mass is 332 g/mol. The Labute approximate surface area is 141 Å². The number of nitrogens with zero attached hydrogens (tertiary/aromatic N) is 4. The standard InChI is InChI=1S/C17H24N4OS/c1-12-10-23-14-13(12)18-11-19-15(14)20-6-5-7-21(9-8-20)16(22)17(2,3)4/h10-11H,5-9H2,1-4H3. The molecule has 0 spiro atoms. The third-order valence-electron chi connectivity index (χ3n) is 4.24. The van der Waals surface area contributed by atoms with Crippen molar-refractivity contribution in [3.05, 3.63) is 17.3 Å². The Hall–Kier alpha value is -1.69. The number of carbonyl (C=O) groups excluding carboxylic acids is 1. The van der Waals surface area contributed by atoms with Gasteiger partial charge in [-0.3, -0.25) is 4.79 Å². The van der Waals surface area contributed by atoms with Crippen LogP contribution in [-0.4, -0.2) is 47.0 Å². The zero-order valence-corrected chi connectivity index (χ0v) is 15.1. The number of aryl methyl sites for hydroxylation is 1. The summed E-state index contributed by atoms with van der Waals surface area (Å²) >= 11 is 1.71. The van der Waals surface area contributed by atoms with Gasteiger partial charge in [-0.2, -0.15) is 0 Å². The number of thiophene rings is 1. The maximum atomic E-state index is 12.5. The molecule has 6 heteroatoms. The van der Waals surface area contributed by atoms with E-state index in [2.05, 4.69) is 27.2 Å². The van der Waals surface area contributed by atoms with Crippen molar-refractivity contribution in [2.24, 2.45) is 5.41 Å². The van der Waals surface area contributed by atoms with Crippen molar-refractivity contribution in [1.82, 2.24) is 14.9 Å². The number of hydrogen-bond acceptors (Lipinski definition) is 5. The molecular formula is C17H24N4OS. The molecule has 23 heavy (non-hydrogen) atoms. The Morgan fingerprint density at radius 1 is 1.17 bits per heavy atom. The topological polar surface area (TPSA) is 49.3 Å². The number of fused-ring (bicyclic) bond motifs is 1. The van der Waals surface area contributed by atoms with Crippen molar-refractivity contribution in [1.29, 1.82) is 0 Å². The van der Waals surface area contributed by atoms with E-state index in [-0.39, 0.29) is 11.3 Å². The molecule has 2 aromatic rings. The van der Waals surface area contributed by atoms with Gasteiger partial charge in [0.2, 0.25) is 5.91 Å². The summed E-state index contributed by atoms with van der Waals surface area (Å²) in [7, 11) is 0. The molecule has 0 radical (unpaired) electrons. The molecule has 0 unspecified atom stereocenters. The van der Waals surface area contributed by atoms with E-state index in [1.807, 2.05) is 25.7 Å². The molecule has 2 aromatic heterocycles. The van der Waals surface area contributed by atoms with Gasteiger partial charge >= 0.3 is 0 Å². The molecule has 0 N–H and O–H groups in total. The average molecular weight is 332 g/mol. The van der Waals surface area contributed by atoms with Gasteiger partial charge in [0.25, 0.3) is 0 Å². The summed E-state index contributed by atoms with van der Waals surface area (Å²) in [6.07, 6.45) is 2.62. The third-order valence-corrected chi connectivity index (χ3v) is 5.32. The quantitative estimate of drug-likeness (QED) is 0.805. The van der Waals surface area contributed by atoms with Gasteiger partial charge in [0, 0.05) is 31.6 Å². The first kappa shape index (κ1) is 16.2. The van der Waals surface area contributed by atoms with E-state index in [4.69, 9.17) is 0 Å². The molecule has 1 fully saturated rings. The summed E-state index contributed by atoms with van der Waals surface area (Å²) in [5.41, 5.74) is 1.93. The number of rotatable bonds is 1. The highest BCUT2D eigenvalue weighted by atomic mass is 32.1. The molecule has 0 saturated carbocycles. The van der Waals surface area contributed by atoms with Crippen molar-refractivity contribution in [3.8, 4) is 0 Å². The van der Waals surface area contributed by atoms with Crippen molar-refractivity contribution in [3.63, 3.8) is 0 Å². The molecule has 1 aliphatic heterocycles. The van der Waals surface area contributed by atoms with Crippen molar-refractivity contribution in [2.75, 3.05) is 31.1 Å². The summed E-state index contributed by atoms with van der Waals surface area (Å²) in [4.78, 5) is 25.7. The van der Waals surface area contributed by atoms with Crippen LogP contribution in [0.3, 0.4) is 0 Å². The van der Waals surface area contributed by atoms with E-state index < -0.39 is 0 Å². The largest absolute Gasteiger partial charge is 0.353 e. The molecular weight excluding hydrogens is 308 g/mol. The van der Waals surface area contributed by atoms with Gasteiger partial charge in [-0.1, -0.05) is 20.8 Å². The zero-order chi connectivity index (χ0) is 16.6. The molecule has 0 aliphatic carbocycles. The second-order valence-electron chi connectivity index (χ2n) is 7.18. The number of aromatic nitrogens is 2. The zero-order valence-electron chi connectivity index (χ0n) is 14.3. The van der Waals surface area contributed by atoms with E-state index >= 15 is 0 Å². The summed E-state index contributed by atoms with van der Waals surface area (Å²) in [5, 5.41) is 2.14. The summed E-state index contributed by atoms with van der Waals surface area (Å²) in [6.45, 7) is 11.4. The van der Waals surface area contributed by atoms with Crippen LogP contribution in [0.4, 0.5) is 5.82 Å². The minimum Gasteiger partial charge on any atom is -0.353 e. The van der Waals surface area contributed by atoms with E-state index in [9.17, 15) is 4.79 Å².